The molecule has 0 spiro atoms. The maximum Gasteiger partial charge on any atom is 0.250 e. The molecule has 0 aliphatic heterocycles. The van der Waals surface area contributed by atoms with E-state index in [-0.39, 0.29) is 5.91 Å². The molecule has 0 heterocycles. The third-order valence-corrected chi connectivity index (χ3v) is 3.03. The van der Waals surface area contributed by atoms with Crippen molar-refractivity contribution in [2.45, 2.75) is 19.3 Å². The smallest absolute Gasteiger partial charge is 0.250 e. The molecule has 1 aromatic rings. The highest BCUT2D eigenvalue weighted by atomic mass is 16.2. The van der Waals surface area contributed by atoms with E-state index in [4.69, 9.17) is 5.73 Å². The Balaban J connectivity index is 2.02. The van der Waals surface area contributed by atoms with Crippen LogP contribution in [0.2, 0.25) is 0 Å². The van der Waals surface area contributed by atoms with Crippen LogP contribution in [0.25, 0.3) is 0 Å². The molecule has 0 bridgehead atoms. The minimum absolute atomic E-state index is 0.0831. The van der Waals surface area contributed by atoms with Crippen LogP contribution in [-0.4, -0.2) is 11.8 Å². The minimum Gasteiger partial charge on any atom is -0.366 e. The maximum absolute atomic E-state index is 11.8. The fourth-order valence-electron chi connectivity index (χ4n) is 2.11. The Hall–Kier alpha value is -2.10. The van der Waals surface area contributed by atoms with E-state index in [0.29, 0.717) is 23.6 Å². The molecule has 0 saturated carbocycles. The van der Waals surface area contributed by atoms with Crippen LogP contribution in [0, 0.1) is 5.92 Å². The predicted octanol–water partition coefficient (Wildman–Crippen LogP) is 2.08. The second-order valence-corrected chi connectivity index (χ2v) is 4.43. The average Bonchev–Trinajstić information content (AvgIpc) is 2.82. The van der Waals surface area contributed by atoms with E-state index in [0.717, 1.165) is 12.8 Å². The molecule has 1 aromatic carbocycles. The molecular weight excluding hydrogens is 228 g/mol. The zero-order valence-electron chi connectivity index (χ0n) is 10.1. The number of carbonyl (C=O) groups excluding carboxylic acids is 2. The lowest BCUT2D eigenvalue weighted by molar-refractivity contribution is -0.116. The Morgan fingerprint density at radius 3 is 2.78 bits per heavy atom. The fourth-order valence-corrected chi connectivity index (χ4v) is 2.11. The van der Waals surface area contributed by atoms with E-state index in [1.807, 2.05) is 0 Å². The Labute approximate surface area is 106 Å². The number of primary amides is 1. The van der Waals surface area contributed by atoms with Gasteiger partial charge in [-0.15, -0.1) is 0 Å². The van der Waals surface area contributed by atoms with E-state index >= 15 is 0 Å². The first-order valence-corrected chi connectivity index (χ1v) is 6.02. The molecule has 0 saturated heterocycles. The first kappa shape index (κ1) is 12.4. The van der Waals surface area contributed by atoms with Crippen LogP contribution in [0.3, 0.4) is 0 Å². The van der Waals surface area contributed by atoms with E-state index in [2.05, 4.69) is 17.5 Å². The van der Waals surface area contributed by atoms with Crippen LogP contribution < -0.4 is 11.1 Å². The standard InChI is InChI=1S/C14H16N2O2/c15-14(18)11-7-3-4-8-12(11)16-13(17)9-10-5-1-2-6-10/h1,3-5,7-8,10H,2,6,9H2,(H2,15,18)(H,16,17). The Bertz CT molecular complexity index is 494. The summed E-state index contributed by atoms with van der Waals surface area (Å²) in [6.07, 6.45) is 6.67. The van der Waals surface area contributed by atoms with Crippen molar-refractivity contribution < 1.29 is 9.59 Å². The first-order chi connectivity index (χ1) is 8.66. The van der Waals surface area contributed by atoms with Gasteiger partial charge in [0.05, 0.1) is 11.3 Å². The minimum atomic E-state index is -0.535. The molecule has 1 unspecified atom stereocenters. The molecule has 2 rings (SSSR count). The largest absolute Gasteiger partial charge is 0.366 e. The maximum atomic E-state index is 11.8. The topological polar surface area (TPSA) is 72.2 Å². The van der Waals surface area contributed by atoms with Gasteiger partial charge >= 0.3 is 0 Å². The number of para-hydroxylation sites is 1. The van der Waals surface area contributed by atoms with Crippen LogP contribution in [0.5, 0.6) is 0 Å². The summed E-state index contributed by atoms with van der Waals surface area (Å²) >= 11 is 0. The number of anilines is 1. The van der Waals surface area contributed by atoms with Crippen LogP contribution >= 0.6 is 0 Å². The lowest BCUT2D eigenvalue weighted by Gasteiger charge is -2.10. The number of carbonyl (C=O) groups is 2. The number of allylic oxidation sites excluding steroid dienone is 2. The SMILES string of the molecule is NC(=O)c1ccccc1NC(=O)CC1C=CCC1. The van der Waals surface area contributed by atoms with Gasteiger partial charge in [0.1, 0.15) is 0 Å². The van der Waals surface area contributed by atoms with Crippen molar-refractivity contribution in [2.75, 3.05) is 5.32 Å². The summed E-state index contributed by atoms with van der Waals surface area (Å²) in [6.45, 7) is 0. The van der Waals surface area contributed by atoms with E-state index in [9.17, 15) is 9.59 Å². The van der Waals surface area contributed by atoms with Gasteiger partial charge in [-0.25, -0.2) is 0 Å². The van der Waals surface area contributed by atoms with Crippen LogP contribution in [-0.2, 0) is 4.79 Å². The van der Waals surface area contributed by atoms with Crippen LogP contribution in [0.1, 0.15) is 29.6 Å². The second-order valence-electron chi connectivity index (χ2n) is 4.43. The summed E-state index contributed by atoms with van der Waals surface area (Å²) in [5.41, 5.74) is 6.08. The first-order valence-electron chi connectivity index (χ1n) is 6.02. The van der Waals surface area contributed by atoms with Crippen LogP contribution in [0.15, 0.2) is 36.4 Å². The summed E-state index contributed by atoms with van der Waals surface area (Å²) in [4.78, 5) is 23.1. The molecule has 1 aliphatic rings. The monoisotopic (exact) mass is 244 g/mol. The van der Waals surface area contributed by atoms with Gasteiger partial charge < -0.3 is 11.1 Å². The molecule has 3 N–H and O–H groups in total. The van der Waals surface area contributed by atoms with Gasteiger partial charge in [0.2, 0.25) is 5.91 Å². The number of hydrogen-bond donors (Lipinski definition) is 2. The molecular formula is C14H16N2O2. The molecule has 4 nitrogen and oxygen atoms in total. The van der Waals surface area contributed by atoms with E-state index in [1.54, 1.807) is 24.3 Å². The van der Waals surface area contributed by atoms with Gasteiger partial charge in [0, 0.05) is 6.42 Å². The second kappa shape index (κ2) is 5.49. The zero-order chi connectivity index (χ0) is 13.0. The van der Waals surface area contributed by atoms with E-state index < -0.39 is 5.91 Å². The third kappa shape index (κ3) is 2.97. The molecule has 18 heavy (non-hydrogen) atoms. The lowest BCUT2D eigenvalue weighted by Crippen LogP contribution is -2.19. The Kier molecular flexibility index (Phi) is 3.77. The highest BCUT2D eigenvalue weighted by Crippen LogP contribution is 2.21. The molecule has 1 atom stereocenters. The summed E-state index contributed by atoms with van der Waals surface area (Å²) in [7, 11) is 0. The number of amides is 2. The average molecular weight is 244 g/mol. The molecule has 94 valence electrons. The molecule has 4 heteroatoms. The van der Waals surface area contributed by atoms with Crippen molar-refractivity contribution >= 4 is 17.5 Å². The van der Waals surface area contributed by atoms with Crippen molar-refractivity contribution in [2.24, 2.45) is 11.7 Å². The molecule has 0 radical (unpaired) electrons. The number of hydrogen-bond acceptors (Lipinski definition) is 2. The van der Waals surface area contributed by atoms with Gasteiger partial charge in [-0.05, 0) is 30.9 Å². The molecule has 0 aromatic heterocycles. The van der Waals surface area contributed by atoms with Gasteiger partial charge in [0.25, 0.3) is 5.91 Å². The fraction of sp³-hybridized carbons (Fsp3) is 0.286. The van der Waals surface area contributed by atoms with E-state index in [1.165, 1.54) is 0 Å². The highest BCUT2D eigenvalue weighted by molar-refractivity contribution is 6.03. The summed E-state index contributed by atoms with van der Waals surface area (Å²) < 4.78 is 0. The molecule has 0 fully saturated rings. The summed E-state index contributed by atoms with van der Waals surface area (Å²) in [5.74, 6) is -0.308. The molecule has 1 aliphatic carbocycles. The normalized spacial score (nSPS) is 17.7. The number of nitrogens with two attached hydrogens (primary N) is 1. The van der Waals surface area contributed by atoms with Crippen LogP contribution in [0.4, 0.5) is 5.69 Å². The Morgan fingerprint density at radius 1 is 1.33 bits per heavy atom. The quantitative estimate of drug-likeness (QED) is 0.796. The highest BCUT2D eigenvalue weighted by Gasteiger charge is 2.15. The number of nitrogens with one attached hydrogen (secondary N) is 1. The Morgan fingerprint density at radius 2 is 2.11 bits per heavy atom. The zero-order valence-corrected chi connectivity index (χ0v) is 10.1. The van der Waals surface area contributed by atoms with Gasteiger partial charge in [0.15, 0.2) is 0 Å². The van der Waals surface area contributed by atoms with Crippen molar-refractivity contribution in [1.29, 1.82) is 0 Å². The summed E-state index contributed by atoms with van der Waals surface area (Å²) in [6, 6.07) is 6.77. The molecule has 2 amide bonds. The number of rotatable bonds is 4. The van der Waals surface area contributed by atoms with Crippen molar-refractivity contribution in [3.63, 3.8) is 0 Å². The van der Waals surface area contributed by atoms with Gasteiger partial charge in [-0.2, -0.15) is 0 Å². The van der Waals surface area contributed by atoms with Gasteiger partial charge in [-0.3, -0.25) is 9.59 Å². The number of benzene rings is 1. The summed E-state index contributed by atoms with van der Waals surface area (Å²) in [5, 5.41) is 2.75. The third-order valence-electron chi connectivity index (χ3n) is 3.03. The van der Waals surface area contributed by atoms with Gasteiger partial charge in [-0.1, -0.05) is 24.3 Å². The van der Waals surface area contributed by atoms with Crippen molar-refractivity contribution in [3.05, 3.63) is 42.0 Å². The predicted molar refractivity (Wildman–Crippen MR) is 70.1 cm³/mol. The van der Waals surface area contributed by atoms with Crippen molar-refractivity contribution in [1.82, 2.24) is 0 Å². The van der Waals surface area contributed by atoms with Crippen molar-refractivity contribution in [3.8, 4) is 0 Å². The lowest BCUT2D eigenvalue weighted by atomic mass is 10.0.